The highest BCUT2D eigenvalue weighted by Crippen LogP contribution is 2.33. The summed E-state index contributed by atoms with van der Waals surface area (Å²) < 4.78 is 0. The van der Waals surface area contributed by atoms with Gasteiger partial charge in [0.05, 0.1) is 0 Å². The van der Waals surface area contributed by atoms with E-state index < -0.39 is 0 Å². The van der Waals surface area contributed by atoms with E-state index in [9.17, 15) is 0 Å². The predicted molar refractivity (Wildman–Crippen MR) is 55.3 cm³/mol. The third-order valence-corrected chi connectivity index (χ3v) is 3.36. The molecule has 0 aromatic carbocycles. The first-order valence-corrected chi connectivity index (χ1v) is 5.86. The lowest BCUT2D eigenvalue weighted by molar-refractivity contribution is 0.251. The molecule has 1 aliphatic carbocycles. The predicted octanol–water partition coefficient (Wildman–Crippen LogP) is 4.39. The molecule has 1 aliphatic rings. The molecule has 0 radical (unpaired) electrons. The van der Waals surface area contributed by atoms with Crippen LogP contribution < -0.4 is 0 Å². The average Bonchev–Trinajstić information content (AvgIpc) is 2.09. The summed E-state index contributed by atoms with van der Waals surface area (Å²) in [5, 5.41) is 0. The molecule has 0 aromatic heterocycles. The zero-order chi connectivity index (χ0) is 8.81. The van der Waals surface area contributed by atoms with Gasteiger partial charge >= 0.3 is 0 Å². The van der Waals surface area contributed by atoms with Crippen molar-refractivity contribution in [1.29, 1.82) is 0 Å². The van der Waals surface area contributed by atoms with Gasteiger partial charge in [0.1, 0.15) is 0 Å². The summed E-state index contributed by atoms with van der Waals surface area (Å²) in [4.78, 5) is 0. The SMILES string of the molecule is CCCC1CCC(CCC)CC1. The van der Waals surface area contributed by atoms with Gasteiger partial charge in [0, 0.05) is 0 Å². The Kier molecular flexibility index (Phi) is 4.72. The summed E-state index contributed by atoms with van der Waals surface area (Å²) in [5.74, 6) is 2.17. The molecule has 1 saturated carbocycles. The van der Waals surface area contributed by atoms with Crippen molar-refractivity contribution < 1.29 is 0 Å². The molecule has 0 spiro atoms. The molecule has 0 aromatic rings. The van der Waals surface area contributed by atoms with Crippen molar-refractivity contribution in [2.45, 2.75) is 65.2 Å². The molecule has 0 amide bonds. The number of hydrogen-bond acceptors (Lipinski definition) is 0. The van der Waals surface area contributed by atoms with Crippen molar-refractivity contribution in [3.63, 3.8) is 0 Å². The van der Waals surface area contributed by atoms with E-state index >= 15 is 0 Å². The van der Waals surface area contributed by atoms with Crippen LogP contribution >= 0.6 is 0 Å². The summed E-state index contributed by atoms with van der Waals surface area (Å²) in [6.45, 7) is 4.64. The number of hydrogen-bond donors (Lipinski definition) is 0. The van der Waals surface area contributed by atoms with E-state index in [4.69, 9.17) is 0 Å². The molecule has 0 aliphatic heterocycles. The zero-order valence-corrected chi connectivity index (χ0v) is 8.81. The lowest BCUT2D eigenvalue weighted by Gasteiger charge is -2.27. The Bertz CT molecular complexity index is 84.6. The summed E-state index contributed by atoms with van der Waals surface area (Å²) >= 11 is 0. The highest BCUT2D eigenvalue weighted by Gasteiger charge is 2.19. The van der Waals surface area contributed by atoms with E-state index in [-0.39, 0.29) is 0 Å². The molecule has 0 nitrogen and oxygen atoms in total. The second kappa shape index (κ2) is 5.61. The molecule has 72 valence electrons. The Morgan fingerprint density at radius 3 is 1.33 bits per heavy atom. The fourth-order valence-corrected chi connectivity index (χ4v) is 2.63. The summed E-state index contributed by atoms with van der Waals surface area (Å²) in [5.41, 5.74) is 0. The largest absolute Gasteiger partial charge is 0.0654 e. The lowest BCUT2D eigenvalue weighted by Crippen LogP contribution is -2.14. The lowest BCUT2D eigenvalue weighted by atomic mass is 9.78. The summed E-state index contributed by atoms with van der Waals surface area (Å²) in [6, 6.07) is 0. The monoisotopic (exact) mass is 168 g/mol. The molecule has 0 saturated heterocycles. The first kappa shape index (κ1) is 10.1. The fraction of sp³-hybridized carbons (Fsp3) is 1.00. The molecular formula is C12H24. The van der Waals surface area contributed by atoms with Gasteiger partial charge in [-0.3, -0.25) is 0 Å². The number of rotatable bonds is 4. The van der Waals surface area contributed by atoms with Crippen LogP contribution in [-0.2, 0) is 0 Å². The van der Waals surface area contributed by atoms with E-state index in [1.54, 1.807) is 0 Å². The minimum atomic E-state index is 1.09. The van der Waals surface area contributed by atoms with E-state index in [0.29, 0.717) is 0 Å². The Balaban J connectivity index is 2.11. The van der Waals surface area contributed by atoms with Crippen molar-refractivity contribution in [2.75, 3.05) is 0 Å². The van der Waals surface area contributed by atoms with Gasteiger partial charge < -0.3 is 0 Å². The molecule has 0 bridgehead atoms. The highest BCUT2D eigenvalue weighted by molar-refractivity contribution is 4.71. The van der Waals surface area contributed by atoms with Gasteiger partial charge in [-0.25, -0.2) is 0 Å². The third kappa shape index (κ3) is 3.16. The molecule has 1 rings (SSSR count). The first-order chi connectivity index (χ1) is 5.86. The van der Waals surface area contributed by atoms with Crippen LogP contribution in [0.5, 0.6) is 0 Å². The van der Waals surface area contributed by atoms with Gasteiger partial charge in [0.2, 0.25) is 0 Å². The third-order valence-electron chi connectivity index (χ3n) is 3.36. The Morgan fingerprint density at radius 1 is 0.750 bits per heavy atom. The highest BCUT2D eigenvalue weighted by atomic mass is 14.2. The molecule has 0 heteroatoms. The van der Waals surface area contributed by atoms with Gasteiger partial charge in [-0.2, -0.15) is 0 Å². The van der Waals surface area contributed by atoms with Crippen molar-refractivity contribution in [3.8, 4) is 0 Å². The fourth-order valence-electron chi connectivity index (χ4n) is 2.63. The van der Waals surface area contributed by atoms with Crippen LogP contribution in [0.3, 0.4) is 0 Å². The average molecular weight is 168 g/mol. The summed E-state index contributed by atoms with van der Waals surface area (Å²) in [6.07, 6.45) is 11.9. The maximum atomic E-state index is 2.32. The van der Waals surface area contributed by atoms with Crippen molar-refractivity contribution in [1.82, 2.24) is 0 Å². The van der Waals surface area contributed by atoms with Gasteiger partial charge in [0.25, 0.3) is 0 Å². The van der Waals surface area contributed by atoms with Gasteiger partial charge in [-0.15, -0.1) is 0 Å². The second-order valence-electron chi connectivity index (χ2n) is 4.46. The summed E-state index contributed by atoms with van der Waals surface area (Å²) in [7, 11) is 0. The maximum Gasteiger partial charge on any atom is -0.0414 e. The molecular weight excluding hydrogens is 144 g/mol. The van der Waals surface area contributed by atoms with Gasteiger partial charge in [-0.1, -0.05) is 65.2 Å². The van der Waals surface area contributed by atoms with Crippen molar-refractivity contribution in [2.24, 2.45) is 11.8 Å². The van der Waals surface area contributed by atoms with Gasteiger partial charge in [-0.05, 0) is 11.8 Å². The molecule has 0 heterocycles. The molecule has 1 fully saturated rings. The first-order valence-electron chi connectivity index (χ1n) is 5.86. The standard InChI is InChI=1S/C12H24/c1-3-5-11-7-9-12(6-4-2)10-8-11/h11-12H,3-10H2,1-2H3. The van der Waals surface area contributed by atoms with Crippen LogP contribution in [0, 0.1) is 11.8 Å². The Hall–Kier alpha value is 0. The van der Waals surface area contributed by atoms with Crippen LogP contribution in [0.15, 0.2) is 0 Å². The van der Waals surface area contributed by atoms with Crippen LogP contribution in [0.1, 0.15) is 65.2 Å². The van der Waals surface area contributed by atoms with Gasteiger partial charge in [0.15, 0.2) is 0 Å². The Morgan fingerprint density at radius 2 is 1.08 bits per heavy atom. The molecule has 12 heavy (non-hydrogen) atoms. The van der Waals surface area contributed by atoms with Crippen molar-refractivity contribution >= 4 is 0 Å². The minimum absolute atomic E-state index is 1.09. The maximum absolute atomic E-state index is 2.32. The Labute approximate surface area is 77.7 Å². The second-order valence-corrected chi connectivity index (χ2v) is 4.46. The van der Waals surface area contributed by atoms with E-state index in [1.807, 2.05) is 0 Å². The minimum Gasteiger partial charge on any atom is -0.0654 e. The van der Waals surface area contributed by atoms with Crippen LogP contribution in [0.25, 0.3) is 0 Å². The smallest absolute Gasteiger partial charge is 0.0414 e. The topological polar surface area (TPSA) is 0 Å². The van der Waals surface area contributed by atoms with Crippen LogP contribution in [0.2, 0.25) is 0 Å². The van der Waals surface area contributed by atoms with E-state index in [2.05, 4.69) is 13.8 Å². The molecule has 0 atom stereocenters. The quantitative estimate of drug-likeness (QED) is 0.584. The van der Waals surface area contributed by atoms with E-state index in [1.165, 1.54) is 51.4 Å². The van der Waals surface area contributed by atoms with Crippen molar-refractivity contribution in [3.05, 3.63) is 0 Å². The normalized spacial score (nSPS) is 30.5. The zero-order valence-electron chi connectivity index (χ0n) is 8.81. The van der Waals surface area contributed by atoms with E-state index in [0.717, 1.165) is 11.8 Å². The molecule has 0 unspecified atom stereocenters. The molecule has 0 N–H and O–H groups in total. The van der Waals surface area contributed by atoms with Crippen LogP contribution in [0.4, 0.5) is 0 Å². The van der Waals surface area contributed by atoms with Crippen LogP contribution in [-0.4, -0.2) is 0 Å².